The number of nitrogens with zero attached hydrogens (tertiary/aromatic N) is 1. The lowest BCUT2D eigenvalue weighted by molar-refractivity contribution is -0.870. The van der Waals surface area contributed by atoms with Crippen molar-refractivity contribution >= 4 is 19.8 Å². The maximum atomic E-state index is 12.7. The summed E-state index contributed by atoms with van der Waals surface area (Å²) in [5.41, 5.74) is 0. The summed E-state index contributed by atoms with van der Waals surface area (Å²) in [5, 5.41) is 0. The molecule has 2 unspecified atom stereocenters. The fourth-order valence-corrected chi connectivity index (χ4v) is 6.99. The average Bonchev–Trinajstić information content (AvgIpc) is 3.12. The highest BCUT2D eigenvalue weighted by atomic mass is 31.2. The van der Waals surface area contributed by atoms with E-state index in [1.54, 1.807) is 0 Å². The fraction of sp³-hybridized carbons (Fsp3) is 0.909. The van der Waals surface area contributed by atoms with Crippen LogP contribution in [0.1, 0.15) is 206 Å². The summed E-state index contributed by atoms with van der Waals surface area (Å²) in [5.74, 6) is -0.798. The highest BCUT2D eigenvalue weighted by molar-refractivity contribution is 7.47. The van der Waals surface area contributed by atoms with Gasteiger partial charge in [0.2, 0.25) is 0 Å². The third-order valence-corrected chi connectivity index (χ3v) is 10.8. The van der Waals surface area contributed by atoms with Crippen LogP contribution in [-0.4, -0.2) is 80.4 Å². The Balaban J connectivity index is 0. The van der Waals surface area contributed by atoms with Crippen molar-refractivity contribution in [2.75, 3.05) is 47.5 Å². The van der Waals surface area contributed by atoms with E-state index in [2.05, 4.69) is 26.0 Å². The van der Waals surface area contributed by atoms with Gasteiger partial charge in [-0.2, -0.15) is 0 Å². The van der Waals surface area contributed by atoms with Crippen LogP contribution in [0.3, 0.4) is 0 Å². The molecule has 10 nitrogen and oxygen atoms in total. The summed E-state index contributed by atoms with van der Waals surface area (Å²) in [4.78, 5) is 35.3. The Labute approximate surface area is 338 Å². The molecule has 0 aromatic heterocycles. The lowest BCUT2D eigenvalue weighted by Crippen LogP contribution is -2.37. The number of quaternary nitrogens is 1. The van der Waals surface area contributed by atoms with Crippen molar-refractivity contribution in [3.8, 4) is 0 Å². The first-order chi connectivity index (χ1) is 26.0. The average molecular weight is 806 g/mol. The van der Waals surface area contributed by atoms with Crippen molar-refractivity contribution < 1.29 is 47.5 Å². The Morgan fingerprint density at radius 1 is 0.564 bits per heavy atom. The number of hydrogen-bond donors (Lipinski definition) is 1. The molecule has 0 aliphatic rings. The van der Waals surface area contributed by atoms with E-state index in [1.165, 1.54) is 122 Å². The number of unbranched alkanes of at least 4 members (excludes halogenated alkanes) is 25. The number of rotatable bonds is 41. The first kappa shape index (κ1) is 55.8. The summed E-state index contributed by atoms with van der Waals surface area (Å²) in [6.45, 7) is 4.43. The van der Waals surface area contributed by atoms with Gasteiger partial charge in [-0.3, -0.25) is 18.6 Å². The van der Waals surface area contributed by atoms with Gasteiger partial charge >= 0.3 is 19.8 Å². The number of allylic oxidation sites excluding steroid dienone is 2. The molecule has 0 rings (SSSR count). The molecule has 0 spiro atoms. The van der Waals surface area contributed by atoms with Crippen molar-refractivity contribution in [1.29, 1.82) is 0 Å². The second-order valence-corrected chi connectivity index (χ2v) is 17.9. The number of carbonyl (C=O) groups excluding carboxylic acids is 2. The van der Waals surface area contributed by atoms with Crippen molar-refractivity contribution in [3.63, 3.8) is 0 Å². The van der Waals surface area contributed by atoms with Crippen LogP contribution < -0.4 is 0 Å². The van der Waals surface area contributed by atoms with Gasteiger partial charge in [0.1, 0.15) is 19.8 Å². The lowest BCUT2D eigenvalue weighted by atomic mass is 10.0. The van der Waals surface area contributed by atoms with Crippen LogP contribution in [0, 0.1) is 0 Å². The molecule has 0 heterocycles. The number of esters is 2. The van der Waals surface area contributed by atoms with Gasteiger partial charge in [-0.15, -0.1) is 0 Å². The standard InChI is InChI=1S/C44H86NO8P.H2O/c1-6-8-10-12-14-16-18-20-22-24-26-28-30-32-34-36-43(46)50-40-42(41-52-54(48,49)51-39-38-45(3,4)5)53-44(47)37-35-33-31-29-27-25-23-21-19-17-15-13-11-9-7-2;/h21,23,42H,6-20,22,24-41H2,1-5H3;1H2/b23-21-;. The van der Waals surface area contributed by atoms with E-state index < -0.39 is 26.5 Å². The Morgan fingerprint density at radius 2 is 0.945 bits per heavy atom. The summed E-state index contributed by atoms with van der Waals surface area (Å²) >= 11 is 0. The van der Waals surface area contributed by atoms with Crippen LogP contribution in [0.25, 0.3) is 0 Å². The monoisotopic (exact) mass is 806 g/mol. The number of likely N-dealkylation sites (N-methyl/N-ethyl adjacent to an activating group) is 1. The van der Waals surface area contributed by atoms with E-state index in [0.29, 0.717) is 23.9 Å². The molecule has 328 valence electrons. The topological polar surface area (TPSA) is 138 Å². The largest absolute Gasteiger partial charge is 0.870 e. The maximum absolute atomic E-state index is 12.7. The lowest BCUT2D eigenvalue weighted by Gasteiger charge is -2.24. The molecular formula is C44H88NO9P. The Morgan fingerprint density at radius 3 is 1.36 bits per heavy atom. The Hall–Kier alpha value is -1.29. The molecule has 11 heteroatoms. The van der Waals surface area contributed by atoms with E-state index in [0.717, 1.165) is 51.4 Å². The minimum absolute atomic E-state index is 0. The Bertz CT molecular complexity index is 941. The molecule has 2 N–H and O–H groups in total. The number of phosphoric ester groups is 1. The number of hydrogen-bond acceptors (Lipinski definition) is 8. The minimum Gasteiger partial charge on any atom is -0.870 e. The number of carbonyl (C=O) groups is 2. The molecule has 0 aromatic carbocycles. The van der Waals surface area contributed by atoms with Crippen molar-refractivity contribution in [2.24, 2.45) is 0 Å². The van der Waals surface area contributed by atoms with E-state index in [1.807, 2.05) is 21.1 Å². The van der Waals surface area contributed by atoms with Gasteiger partial charge in [-0.05, 0) is 38.5 Å². The number of ether oxygens (including phenoxy) is 2. The van der Waals surface area contributed by atoms with Crippen LogP contribution in [0.5, 0.6) is 0 Å². The van der Waals surface area contributed by atoms with Gasteiger partial charge in [-0.25, -0.2) is 4.57 Å². The molecule has 2 atom stereocenters. The molecule has 0 fully saturated rings. The minimum atomic E-state index is -4.37. The third kappa shape index (κ3) is 43.7. The van der Waals surface area contributed by atoms with Gasteiger partial charge in [0.25, 0.3) is 0 Å². The Kier molecular flexibility index (Phi) is 40.1. The van der Waals surface area contributed by atoms with E-state index in [9.17, 15) is 19.0 Å². The van der Waals surface area contributed by atoms with E-state index in [4.69, 9.17) is 18.5 Å². The predicted octanol–water partition coefficient (Wildman–Crippen LogP) is 12.4. The molecule has 0 amide bonds. The molecule has 0 saturated carbocycles. The summed E-state index contributed by atoms with van der Waals surface area (Å²) in [7, 11) is 1.48. The smallest absolute Gasteiger partial charge is 0.472 e. The fourth-order valence-electron chi connectivity index (χ4n) is 6.24. The zero-order valence-corrected chi connectivity index (χ0v) is 37.3. The predicted molar refractivity (Wildman–Crippen MR) is 226 cm³/mol. The van der Waals surface area contributed by atoms with Gasteiger partial charge in [0.15, 0.2) is 6.10 Å². The van der Waals surface area contributed by atoms with Crippen LogP contribution >= 0.6 is 7.82 Å². The van der Waals surface area contributed by atoms with Crippen LogP contribution in [0.4, 0.5) is 0 Å². The molecule has 0 aliphatic carbocycles. The van der Waals surface area contributed by atoms with E-state index in [-0.39, 0.29) is 31.1 Å². The molecule has 55 heavy (non-hydrogen) atoms. The molecule has 0 saturated heterocycles. The van der Waals surface area contributed by atoms with Crippen molar-refractivity contribution in [3.05, 3.63) is 12.2 Å². The second kappa shape index (κ2) is 39.5. The van der Waals surface area contributed by atoms with Crippen LogP contribution in [0.2, 0.25) is 0 Å². The van der Waals surface area contributed by atoms with Gasteiger partial charge < -0.3 is 24.3 Å². The first-order valence-electron chi connectivity index (χ1n) is 22.4. The summed E-state index contributed by atoms with van der Waals surface area (Å²) in [6.07, 6.45) is 38.2. The molecule has 0 radical (unpaired) electrons. The SMILES string of the molecule is CCCCCCCC/C=C\CCCCCCCC(=O)OC(COC(=O)CCCCCCCCCCCCCCCCC)COP(=O)(O)OCC[N+](C)(C)C.[OH-]. The zero-order chi connectivity index (χ0) is 40.0. The molecule has 0 aliphatic heterocycles. The van der Waals surface area contributed by atoms with E-state index >= 15 is 0 Å². The van der Waals surface area contributed by atoms with Crippen LogP contribution in [0.15, 0.2) is 12.2 Å². The van der Waals surface area contributed by atoms with Gasteiger partial charge in [-0.1, -0.05) is 167 Å². The first-order valence-corrected chi connectivity index (χ1v) is 23.9. The normalized spacial score (nSPS) is 13.4. The molecule has 0 bridgehead atoms. The molecule has 0 aromatic rings. The highest BCUT2D eigenvalue weighted by Gasteiger charge is 2.27. The van der Waals surface area contributed by atoms with Crippen molar-refractivity contribution in [2.45, 2.75) is 213 Å². The quantitative estimate of drug-likeness (QED) is 0.0210. The molecular weight excluding hydrogens is 717 g/mol. The van der Waals surface area contributed by atoms with Crippen molar-refractivity contribution in [1.82, 2.24) is 0 Å². The highest BCUT2D eigenvalue weighted by Crippen LogP contribution is 2.43. The second-order valence-electron chi connectivity index (χ2n) is 16.4. The van der Waals surface area contributed by atoms with Gasteiger partial charge in [0.05, 0.1) is 27.7 Å². The summed E-state index contributed by atoms with van der Waals surface area (Å²) in [6, 6.07) is 0. The third-order valence-electron chi connectivity index (χ3n) is 9.80. The maximum Gasteiger partial charge on any atom is 0.472 e. The number of phosphoric acid groups is 1. The van der Waals surface area contributed by atoms with Gasteiger partial charge in [0, 0.05) is 12.8 Å². The zero-order valence-electron chi connectivity index (χ0n) is 36.4. The summed E-state index contributed by atoms with van der Waals surface area (Å²) < 4.78 is 34.3. The van der Waals surface area contributed by atoms with Crippen LogP contribution in [-0.2, 0) is 32.7 Å².